The SMILES string of the molecule is CC1(C)Oc2cc(O)ccc2C(CCS(C)(=O)=O)(CCS(C)(=O)=O)C1=O. The van der Waals surface area contributed by atoms with Crippen molar-refractivity contribution in [2.75, 3.05) is 24.0 Å². The summed E-state index contributed by atoms with van der Waals surface area (Å²) in [5.74, 6) is -0.696. The van der Waals surface area contributed by atoms with E-state index in [0.717, 1.165) is 12.5 Å². The van der Waals surface area contributed by atoms with Gasteiger partial charge in [-0.2, -0.15) is 0 Å². The fraction of sp³-hybridized carbons (Fsp3) is 0.588. The van der Waals surface area contributed by atoms with Crippen LogP contribution < -0.4 is 4.74 Å². The number of carbonyl (C=O) groups excluding carboxylic acids is 1. The van der Waals surface area contributed by atoms with E-state index in [1.54, 1.807) is 13.8 Å². The molecule has 0 atom stereocenters. The number of ketones is 1. The summed E-state index contributed by atoms with van der Waals surface area (Å²) in [7, 11) is -6.76. The maximum absolute atomic E-state index is 13.3. The Morgan fingerprint density at radius 2 is 1.50 bits per heavy atom. The molecule has 1 aromatic rings. The molecule has 0 saturated heterocycles. The molecule has 1 aliphatic heterocycles. The number of aromatic hydroxyl groups is 1. The molecule has 146 valence electrons. The van der Waals surface area contributed by atoms with Gasteiger partial charge in [-0.05, 0) is 32.8 Å². The van der Waals surface area contributed by atoms with Gasteiger partial charge in [0, 0.05) is 24.1 Å². The van der Waals surface area contributed by atoms with Crippen molar-refractivity contribution < 1.29 is 31.5 Å². The Labute approximate surface area is 154 Å². The van der Waals surface area contributed by atoms with E-state index in [-0.39, 0.29) is 41.6 Å². The summed E-state index contributed by atoms with van der Waals surface area (Å²) >= 11 is 0. The molecule has 7 nitrogen and oxygen atoms in total. The third kappa shape index (κ3) is 4.37. The van der Waals surface area contributed by atoms with Crippen molar-refractivity contribution in [3.05, 3.63) is 23.8 Å². The molecule has 2 rings (SSSR count). The Morgan fingerprint density at radius 1 is 1.00 bits per heavy atom. The molecular formula is C17H24O7S2. The highest BCUT2D eigenvalue weighted by Crippen LogP contribution is 2.48. The molecule has 1 N–H and O–H groups in total. The molecule has 0 radical (unpaired) electrons. The van der Waals surface area contributed by atoms with Crippen LogP contribution >= 0.6 is 0 Å². The van der Waals surface area contributed by atoms with Gasteiger partial charge in [0.25, 0.3) is 0 Å². The number of ether oxygens (including phenoxy) is 1. The Bertz CT molecular complexity index is 892. The van der Waals surface area contributed by atoms with E-state index in [2.05, 4.69) is 0 Å². The molecule has 0 fully saturated rings. The van der Waals surface area contributed by atoms with Crippen molar-refractivity contribution in [2.45, 2.75) is 37.7 Å². The second-order valence-electron chi connectivity index (χ2n) is 7.46. The Hall–Kier alpha value is -1.61. The van der Waals surface area contributed by atoms with Crippen LogP contribution in [0, 0.1) is 0 Å². The van der Waals surface area contributed by atoms with Crippen LogP contribution in [0.4, 0.5) is 0 Å². The van der Waals surface area contributed by atoms with Crippen LogP contribution in [0.2, 0.25) is 0 Å². The molecule has 0 bridgehead atoms. The number of phenols is 1. The summed E-state index contributed by atoms with van der Waals surface area (Å²) in [4.78, 5) is 13.3. The first-order valence-corrected chi connectivity index (χ1v) is 12.2. The lowest BCUT2D eigenvalue weighted by Crippen LogP contribution is -2.55. The zero-order valence-electron chi connectivity index (χ0n) is 15.3. The highest BCUT2D eigenvalue weighted by Gasteiger charge is 2.53. The third-order valence-corrected chi connectivity index (χ3v) is 6.52. The van der Waals surface area contributed by atoms with Gasteiger partial charge < -0.3 is 9.84 Å². The van der Waals surface area contributed by atoms with Crippen LogP contribution in [-0.4, -0.2) is 57.3 Å². The first-order valence-electron chi connectivity index (χ1n) is 8.09. The monoisotopic (exact) mass is 404 g/mol. The quantitative estimate of drug-likeness (QED) is 0.758. The highest BCUT2D eigenvalue weighted by molar-refractivity contribution is 7.90. The molecule has 0 aliphatic carbocycles. The number of sulfone groups is 2. The summed E-state index contributed by atoms with van der Waals surface area (Å²) in [6.07, 6.45) is 2.05. The molecule has 26 heavy (non-hydrogen) atoms. The standard InChI is InChI=1S/C17H24O7S2/c1-16(2)15(19)17(7-9-25(3,20)21,8-10-26(4,22)23)13-6-5-12(18)11-14(13)24-16/h5-6,11,18H,7-10H2,1-4H3. The number of phenolic OH excluding ortho intramolecular Hbond substituents is 1. The van der Waals surface area contributed by atoms with Crippen LogP contribution in [-0.2, 0) is 29.9 Å². The van der Waals surface area contributed by atoms with Gasteiger partial charge in [0.2, 0.25) is 0 Å². The maximum atomic E-state index is 13.3. The fourth-order valence-corrected chi connectivity index (χ4v) is 4.79. The van der Waals surface area contributed by atoms with Gasteiger partial charge in [-0.3, -0.25) is 4.79 Å². The van der Waals surface area contributed by atoms with Crippen molar-refractivity contribution in [1.82, 2.24) is 0 Å². The largest absolute Gasteiger partial charge is 0.508 e. The van der Waals surface area contributed by atoms with Gasteiger partial charge >= 0.3 is 0 Å². The van der Waals surface area contributed by atoms with Gasteiger partial charge in [-0.25, -0.2) is 16.8 Å². The van der Waals surface area contributed by atoms with Gasteiger partial charge in [-0.15, -0.1) is 0 Å². The van der Waals surface area contributed by atoms with E-state index in [9.17, 15) is 26.7 Å². The first kappa shape index (κ1) is 20.7. The number of hydrogen-bond donors (Lipinski definition) is 1. The van der Waals surface area contributed by atoms with Crippen molar-refractivity contribution >= 4 is 25.5 Å². The van der Waals surface area contributed by atoms with E-state index in [4.69, 9.17) is 4.74 Å². The molecular weight excluding hydrogens is 380 g/mol. The Morgan fingerprint density at radius 3 is 1.96 bits per heavy atom. The molecule has 1 aromatic carbocycles. The summed E-state index contributed by atoms with van der Waals surface area (Å²) in [6, 6.07) is 4.24. The topological polar surface area (TPSA) is 115 Å². The van der Waals surface area contributed by atoms with Crippen molar-refractivity contribution in [3.63, 3.8) is 0 Å². The lowest BCUT2D eigenvalue weighted by molar-refractivity contribution is -0.141. The minimum Gasteiger partial charge on any atom is -0.508 e. The number of rotatable bonds is 6. The summed E-state index contributed by atoms with van der Waals surface area (Å²) in [5, 5.41) is 9.76. The lowest BCUT2D eigenvalue weighted by Gasteiger charge is -2.44. The normalized spacial score (nSPS) is 18.8. The zero-order chi connectivity index (χ0) is 20.0. The van der Waals surface area contributed by atoms with Crippen LogP contribution in [0.1, 0.15) is 32.3 Å². The lowest BCUT2D eigenvalue weighted by atomic mass is 9.66. The second-order valence-corrected chi connectivity index (χ2v) is 12.0. The number of carbonyl (C=O) groups is 1. The molecule has 0 unspecified atom stereocenters. The Balaban J connectivity index is 2.67. The average Bonchev–Trinajstić information content (AvgIpc) is 2.45. The molecule has 1 heterocycles. The molecule has 0 saturated carbocycles. The predicted molar refractivity (Wildman–Crippen MR) is 98.2 cm³/mol. The minimum absolute atomic E-state index is 0.0508. The van der Waals surface area contributed by atoms with Gasteiger partial charge in [0.1, 0.15) is 31.2 Å². The van der Waals surface area contributed by atoms with E-state index in [1.807, 2.05) is 0 Å². The molecule has 1 aliphatic rings. The zero-order valence-corrected chi connectivity index (χ0v) is 16.9. The molecule has 0 spiro atoms. The molecule has 0 aromatic heterocycles. The van der Waals surface area contributed by atoms with Crippen LogP contribution in [0.15, 0.2) is 18.2 Å². The highest BCUT2D eigenvalue weighted by atomic mass is 32.2. The van der Waals surface area contributed by atoms with Gasteiger partial charge in [0.15, 0.2) is 11.4 Å². The Kier molecular flexibility index (Phi) is 5.19. The summed E-state index contributed by atoms with van der Waals surface area (Å²) in [6.45, 7) is 3.11. The first-order chi connectivity index (χ1) is 11.7. The molecule has 9 heteroatoms. The second kappa shape index (κ2) is 6.53. The molecule has 0 amide bonds. The third-order valence-electron chi connectivity index (χ3n) is 4.63. The van der Waals surface area contributed by atoms with Crippen LogP contribution in [0.3, 0.4) is 0 Å². The van der Waals surface area contributed by atoms with E-state index in [1.165, 1.54) is 18.2 Å². The van der Waals surface area contributed by atoms with E-state index in [0.29, 0.717) is 5.56 Å². The summed E-state index contributed by atoms with van der Waals surface area (Å²) in [5.41, 5.74) is -2.20. The minimum atomic E-state index is -3.38. The van der Waals surface area contributed by atoms with Crippen LogP contribution in [0.5, 0.6) is 11.5 Å². The van der Waals surface area contributed by atoms with E-state index >= 15 is 0 Å². The van der Waals surface area contributed by atoms with Crippen molar-refractivity contribution in [3.8, 4) is 11.5 Å². The predicted octanol–water partition coefficient (Wildman–Crippen LogP) is 1.24. The number of hydrogen-bond acceptors (Lipinski definition) is 7. The van der Waals surface area contributed by atoms with Crippen molar-refractivity contribution in [2.24, 2.45) is 0 Å². The van der Waals surface area contributed by atoms with Gasteiger partial charge in [0.05, 0.1) is 16.9 Å². The number of fused-ring (bicyclic) bond motifs is 1. The van der Waals surface area contributed by atoms with Crippen LogP contribution in [0.25, 0.3) is 0 Å². The average molecular weight is 405 g/mol. The van der Waals surface area contributed by atoms with Gasteiger partial charge in [-0.1, -0.05) is 6.07 Å². The maximum Gasteiger partial charge on any atom is 0.186 e. The summed E-state index contributed by atoms with van der Waals surface area (Å²) < 4.78 is 52.7. The van der Waals surface area contributed by atoms with E-state index < -0.39 is 30.7 Å². The van der Waals surface area contributed by atoms with Crippen molar-refractivity contribution in [1.29, 1.82) is 0 Å². The number of benzene rings is 1. The smallest absolute Gasteiger partial charge is 0.186 e. The number of Topliss-reactive ketones (excluding diaryl/α,β-unsaturated/α-hetero) is 1. The fourth-order valence-electron chi connectivity index (χ4n) is 3.35.